The first kappa shape index (κ1) is 33.3. The van der Waals surface area contributed by atoms with Crippen LogP contribution in [-0.2, 0) is 22.5 Å². The summed E-state index contributed by atoms with van der Waals surface area (Å²) in [6.45, 7) is 0.600. The van der Waals surface area contributed by atoms with Gasteiger partial charge in [-0.3, -0.25) is 4.79 Å². The fourth-order valence-corrected chi connectivity index (χ4v) is 5.61. The van der Waals surface area contributed by atoms with E-state index in [0.29, 0.717) is 47.1 Å². The number of azide groups is 1. The summed E-state index contributed by atoms with van der Waals surface area (Å²) < 4.78 is 24.0. The molecule has 1 amide bonds. The van der Waals surface area contributed by atoms with Gasteiger partial charge < -0.3 is 29.4 Å². The van der Waals surface area contributed by atoms with Crippen molar-refractivity contribution in [1.29, 1.82) is 0 Å². The monoisotopic (exact) mass is 699 g/mol. The van der Waals surface area contributed by atoms with Crippen LogP contribution in [0.3, 0.4) is 0 Å². The topological polar surface area (TPSA) is 147 Å². The zero-order chi connectivity index (χ0) is 33.2. The summed E-state index contributed by atoms with van der Waals surface area (Å²) >= 11 is 3.50. The number of methoxy groups -OCH3 is 2. The van der Waals surface area contributed by atoms with Crippen LogP contribution >= 0.6 is 15.9 Å². The van der Waals surface area contributed by atoms with Crippen LogP contribution in [0.1, 0.15) is 34.8 Å². The van der Waals surface area contributed by atoms with Crippen molar-refractivity contribution in [2.45, 2.75) is 31.0 Å². The third-order valence-corrected chi connectivity index (χ3v) is 8.24. The van der Waals surface area contributed by atoms with E-state index in [1.807, 2.05) is 54.6 Å². The van der Waals surface area contributed by atoms with E-state index < -0.39 is 11.6 Å². The molecule has 47 heavy (non-hydrogen) atoms. The van der Waals surface area contributed by atoms with Gasteiger partial charge in [0.25, 0.3) is 5.91 Å². The molecule has 0 aromatic heterocycles. The number of rotatable bonds is 14. The number of benzene rings is 4. The zero-order valence-electron chi connectivity index (χ0n) is 25.9. The number of ether oxygens (including phenoxy) is 4. The highest BCUT2D eigenvalue weighted by Gasteiger charge is 2.53. The number of amides is 1. The molecule has 242 valence electrons. The summed E-state index contributed by atoms with van der Waals surface area (Å²) in [6, 6.07) is 27.3. The molecule has 2 N–H and O–H groups in total. The molecular weight excluding hydrogens is 666 g/mol. The lowest BCUT2D eigenvalue weighted by Crippen LogP contribution is -2.49. The summed E-state index contributed by atoms with van der Waals surface area (Å²) in [7, 11) is 3.12. The summed E-state index contributed by atoms with van der Waals surface area (Å²) in [5.74, 6) is 1.65. The zero-order valence-corrected chi connectivity index (χ0v) is 27.5. The van der Waals surface area contributed by atoms with Crippen molar-refractivity contribution in [3.63, 3.8) is 0 Å². The van der Waals surface area contributed by atoms with Crippen LogP contribution in [-0.4, -0.2) is 49.9 Å². The Balaban J connectivity index is 1.58. The van der Waals surface area contributed by atoms with Gasteiger partial charge in [-0.2, -0.15) is 0 Å². The maximum atomic E-state index is 14.6. The van der Waals surface area contributed by atoms with E-state index in [4.69, 9.17) is 29.0 Å². The minimum atomic E-state index is -1.50. The summed E-state index contributed by atoms with van der Waals surface area (Å²) in [5, 5.41) is 16.1. The molecule has 0 bridgehead atoms. The van der Waals surface area contributed by atoms with Gasteiger partial charge in [0, 0.05) is 46.6 Å². The minimum absolute atomic E-state index is 0.0408. The predicted molar refractivity (Wildman–Crippen MR) is 181 cm³/mol. The lowest BCUT2D eigenvalue weighted by molar-refractivity contribution is -0.129. The van der Waals surface area contributed by atoms with Gasteiger partial charge in [-0.1, -0.05) is 63.5 Å². The fourth-order valence-electron chi connectivity index (χ4n) is 5.34. The number of carbonyl (C=O) groups is 1. The van der Waals surface area contributed by atoms with Gasteiger partial charge >= 0.3 is 0 Å². The molecule has 0 unspecified atom stereocenters. The standard InChI is InChI=1S/C35H34BrN5O6/c1-44-30-17-8-23(20-31(30)45-2)22-38-34(43)35(21-26-6-3-4-7-29(26)40-41-37)32(24-9-13-27(36)14-10-24)47-33(39-35)25-11-15-28(16-12-25)46-19-5-18-42/h3-4,6-17,20,32,42H,5,18-19,21-22H2,1-2H3,(H,38,43)/t32-,35-/m1/s1. The number of nitrogens with one attached hydrogen (secondary N) is 1. The van der Waals surface area contributed by atoms with Crippen molar-refractivity contribution in [2.24, 2.45) is 10.1 Å². The molecule has 4 aromatic carbocycles. The minimum Gasteiger partial charge on any atom is -0.494 e. The van der Waals surface area contributed by atoms with Crippen LogP contribution in [0.25, 0.3) is 10.4 Å². The number of hydrogen-bond donors (Lipinski definition) is 2. The Morgan fingerprint density at radius 2 is 1.79 bits per heavy atom. The van der Waals surface area contributed by atoms with Crippen molar-refractivity contribution in [1.82, 2.24) is 5.32 Å². The summed E-state index contributed by atoms with van der Waals surface area (Å²) in [5.41, 5.74) is 11.0. The van der Waals surface area contributed by atoms with Crippen molar-refractivity contribution in [3.8, 4) is 17.2 Å². The second-order valence-electron chi connectivity index (χ2n) is 10.7. The van der Waals surface area contributed by atoms with Gasteiger partial charge in [-0.25, -0.2) is 4.99 Å². The van der Waals surface area contributed by atoms with E-state index in [9.17, 15) is 10.3 Å². The van der Waals surface area contributed by atoms with E-state index in [-0.39, 0.29) is 31.4 Å². The molecule has 4 aromatic rings. The van der Waals surface area contributed by atoms with Gasteiger partial charge in [-0.05, 0) is 70.8 Å². The second kappa shape index (κ2) is 15.5. The summed E-state index contributed by atoms with van der Waals surface area (Å²) in [6.07, 6.45) is -0.243. The van der Waals surface area contributed by atoms with Crippen molar-refractivity contribution >= 4 is 33.4 Å². The fraction of sp³-hybridized carbons (Fsp3) is 0.257. The van der Waals surface area contributed by atoms with E-state index in [2.05, 4.69) is 31.3 Å². The van der Waals surface area contributed by atoms with Crippen molar-refractivity contribution in [2.75, 3.05) is 27.4 Å². The predicted octanol–water partition coefficient (Wildman–Crippen LogP) is 6.99. The first-order valence-electron chi connectivity index (χ1n) is 14.9. The number of halogens is 1. The van der Waals surface area contributed by atoms with Gasteiger partial charge in [0.2, 0.25) is 5.90 Å². The molecule has 1 aliphatic heterocycles. The van der Waals surface area contributed by atoms with E-state index in [1.165, 1.54) is 0 Å². The van der Waals surface area contributed by atoms with Crippen LogP contribution < -0.4 is 19.5 Å². The normalized spacial score (nSPS) is 16.8. The van der Waals surface area contributed by atoms with E-state index in [1.54, 1.807) is 50.6 Å². The van der Waals surface area contributed by atoms with Crippen molar-refractivity contribution < 1.29 is 28.8 Å². The average molecular weight is 701 g/mol. The lowest BCUT2D eigenvalue weighted by atomic mass is 9.81. The molecule has 0 fully saturated rings. The third kappa shape index (κ3) is 7.69. The number of carbonyl (C=O) groups excluding carboxylic acids is 1. The molecule has 11 nitrogen and oxygen atoms in total. The van der Waals surface area contributed by atoms with Crippen LogP contribution in [0.5, 0.6) is 17.2 Å². The molecule has 0 saturated heterocycles. The second-order valence-corrected chi connectivity index (χ2v) is 11.6. The molecule has 0 saturated carbocycles. The number of nitrogens with zero attached hydrogens (tertiary/aromatic N) is 4. The number of aliphatic hydroxyl groups is 1. The highest BCUT2D eigenvalue weighted by Crippen LogP contribution is 2.44. The summed E-state index contributed by atoms with van der Waals surface area (Å²) in [4.78, 5) is 22.7. The van der Waals surface area contributed by atoms with Crippen molar-refractivity contribution in [3.05, 3.63) is 128 Å². The molecular formula is C35H34BrN5O6. The molecule has 2 atom stereocenters. The van der Waals surface area contributed by atoms with Gasteiger partial charge in [0.15, 0.2) is 23.1 Å². The first-order valence-corrected chi connectivity index (χ1v) is 15.7. The Morgan fingerprint density at radius 1 is 1.04 bits per heavy atom. The molecule has 0 aliphatic carbocycles. The van der Waals surface area contributed by atoms with E-state index in [0.717, 1.165) is 15.6 Å². The van der Waals surface area contributed by atoms with Gasteiger partial charge in [0.1, 0.15) is 5.75 Å². The molecule has 5 rings (SSSR count). The lowest BCUT2D eigenvalue weighted by Gasteiger charge is -2.31. The maximum Gasteiger partial charge on any atom is 0.252 e. The number of aliphatic hydroxyl groups excluding tert-OH is 1. The Bertz CT molecular complexity index is 1780. The third-order valence-electron chi connectivity index (χ3n) is 7.71. The maximum absolute atomic E-state index is 14.6. The van der Waals surface area contributed by atoms with Gasteiger partial charge in [0.05, 0.1) is 20.8 Å². The highest BCUT2D eigenvalue weighted by atomic mass is 79.9. The van der Waals surface area contributed by atoms with Crippen LogP contribution in [0, 0.1) is 0 Å². The highest BCUT2D eigenvalue weighted by molar-refractivity contribution is 9.10. The largest absolute Gasteiger partial charge is 0.494 e. The molecule has 0 radical (unpaired) electrons. The Hall–Kier alpha value is -5.03. The van der Waals surface area contributed by atoms with Crippen LogP contribution in [0.4, 0.5) is 5.69 Å². The van der Waals surface area contributed by atoms with Crippen LogP contribution in [0.15, 0.2) is 106 Å². The van der Waals surface area contributed by atoms with Crippen LogP contribution in [0.2, 0.25) is 0 Å². The average Bonchev–Trinajstić information content (AvgIpc) is 3.49. The Morgan fingerprint density at radius 3 is 2.49 bits per heavy atom. The quantitative estimate of drug-likeness (QED) is 0.0628. The SMILES string of the molecule is COc1ccc(CNC(=O)[C@]2(Cc3ccccc3N=[N+]=[N-])N=C(c3ccc(OCCCO)cc3)O[C@@H]2c2ccc(Br)cc2)cc1OC. The smallest absolute Gasteiger partial charge is 0.252 e. The number of aliphatic imine (C=N–C) groups is 1. The Labute approximate surface area is 280 Å². The first-order chi connectivity index (χ1) is 22.9. The van der Waals surface area contributed by atoms with E-state index >= 15 is 0 Å². The Kier molecular flexibility index (Phi) is 11.0. The molecule has 1 aliphatic rings. The molecule has 0 spiro atoms. The van der Waals surface area contributed by atoms with Gasteiger partial charge in [-0.15, -0.1) is 0 Å². The molecule has 1 heterocycles. The number of hydrogen-bond acceptors (Lipinski definition) is 8. The molecule has 12 heteroatoms.